The van der Waals surface area contributed by atoms with Gasteiger partial charge in [-0.25, -0.2) is 0 Å². The Morgan fingerprint density at radius 3 is 2.79 bits per heavy atom. The molecule has 0 atom stereocenters. The van der Waals surface area contributed by atoms with Crippen LogP contribution in [-0.4, -0.2) is 10.9 Å². The zero-order valence-electron chi connectivity index (χ0n) is 10.9. The maximum Gasteiger partial charge on any atom is 0.228 e. The van der Waals surface area contributed by atoms with E-state index in [9.17, 15) is 4.79 Å². The van der Waals surface area contributed by atoms with E-state index in [2.05, 4.69) is 26.2 Å². The Balaban J connectivity index is 2.07. The number of nitrogens with zero attached hydrogens (tertiary/aromatic N) is 1. The molecule has 3 nitrogen and oxygen atoms in total. The van der Waals surface area contributed by atoms with Gasteiger partial charge in [0, 0.05) is 22.1 Å². The minimum Gasteiger partial charge on any atom is -0.326 e. The van der Waals surface area contributed by atoms with E-state index >= 15 is 0 Å². The van der Waals surface area contributed by atoms with Crippen LogP contribution < -0.4 is 5.32 Å². The number of hydrogen-bond acceptors (Lipinski definition) is 2. The van der Waals surface area contributed by atoms with Crippen LogP contribution in [0.5, 0.6) is 0 Å². The van der Waals surface area contributed by atoms with E-state index in [4.69, 9.17) is 0 Å². The molecule has 1 N–H and O–H groups in total. The molecule has 0 aliphatic carbocycles. The third-order valence-corrected chi connectivity index (χ3v) is 3.34. The van der Waals surface area contributed by atoms with Gasteiger partial charge < -0.3 is 5.32 Å². The van der Waals surface area contributed by atoms with Gasteiger partial charge in [-0.2, -0.15) is 0 Å². The van der Waals surface area contributed by atoms with Crippen LogP contribution in [0, 0.1) is 13.8 Å². The molecular formula is C15H15BrN2O. The number of rotatable bonds is 3. The van der Waals surface area contributed by atoms with E-state index in [1.807, 2.05) is 38.1 Å². The van der Waals surface area contributed by atoms with Crippen LogP contribution in [0.3, 0.4) is 0 Å². The third kappa shape index (κ3) is 3.89. The van der Waals surface area contributed by atoms with Gasteiger partial charge in [-0.15, -0.1) is 0 Å². The first-order valence-corrected chi connectivity index (χ1v) is 6.81. The lowest BCUT2D eigenvalue weighted by atomic mass is 10.1. The summed E-state index contributed by atoms with van der Waals surface area (Å²) < 4.78 is 0.987. The van der Waals surface area contributed by atoms with E-state index in [0.717, 1.165) is 27.0 Å². The minimum atomic E-state index is -0.0215. The van der Waals surface area contributed by atoms with Gasteiger partial charge in [0.25, 0.3) is 0 Å². The molecule has 1 amide bonds. The molecule has 0 spiro atoms. The maximum atomic E-state index is 12.0. The van der Waals surface area contributed by atoms with Crippen molar-refractivity contribution < 1.29 is 4.79 Å². The van der Waals surface area contributed by atoms with Gasteiger partial charge in [-0.3, -0.25) is 9.78 Å². The Morgan fingerprint density at radius 1 is 1.26 bits per heavy atom. The molecule has 1 aromatic heterocycles. The van der Waals surface area contributed by atoms with Crippen LogP contribution in [-0.2, 0) is 11.2 Å². The molecule has 0 aliphatic heterocycles. The van der Waals surface area contributed by atoms with Crippen molar-refractivity contribution in [1.82, 2.24) is 4.98 Å². The van der Waals surface area contributed by atoms with Gasteiger partial charge in [0.15, 0.2) is 0 Å². The predicted octanol–water partition coefficient (Wildman–Crippen LogP) is 3.64. The van der Waals surface area contributed by atoms with Gasteiger partial charge in [-0.05, 0) is 49.2 Å². The Labute approximate surface area is 121 Å². The standard InChI is InChI=1S/C15H15BrN2O/c1-10-3-4-13(16)8-12(10)9-15(19)18-14-5-6-17-11(2)7-14/h3-8H,9H2,1-2H3,(H,17,18,19). The number of halogens is 1. The SMILES string of the molecule is Cc1cc(NC(=O)Cc2cc(Br)ccc2C)ccn1. The highest BCUT2D eigenvalue weighted by molar-refractivity contribution is 9.10. The molecule has 0 aliphatic rings. The number of carbonyl (C=O) groups excluding carboxylic acids is 1. The smallest absolute Gasteiger partial charge is 0.228 e. The van der Waals surface area contributed by atoms with Gasteiger partial charge in [-0.1, -0.05) is 22.0 Å². The molecule has 0 radical (unpaired) electrons. The van der Waals surface area contributed by atoms with E-state index in [1.54, 1.807) is 12.3 Å². The summed E-state index contributed by atoms with van der Waals surface area (Å²) in [6, 6.07) is 9.60. The highest BCUT2D eigenvalue weighted by Gasteiger charge is 2.07. The lowest BCUT2D eigenvalue weighted by molar-refractivity contribution is -0.115. The number of nitrogens with one attached hydrogen (secondary N) is 1. The number of hydrogen-bond donors (Lipinski definition) is 1. The fourth-order valence-corrected chi connectivity index (χ4v) is 2.24. The van der Waals surface area contributed by atoms with Crippen LogP contribution in [0.15, 0.2) is 41.0 Å². The summed E-state index contributed by atoms with van der Waals surface area (Å²) in [5.74, 6) is -0.0215. The molecule has 0 fully saturated rings. The zero-order chi connectivity index (χ0) is 13.8. The van der Waals surface area contributed by atoms with Crippen molar-refractivity contribution in [3.63, 3.8) is 0 Å². The van der Waals surface area contributed by atoms with Gasteiger partial charge in [0.1, 0.15) is 0 Å². The van der Waals surface area contributed by atoms with Crippen molar-refractivity contribution in [2.45, 2.75) is 20.3 Å². The van der Waals surface area contributed by atoms with Crippen molar-refractivity contribution >= 4 is 27.5 Å². The lowest BCUT2D eigenvalue weighted by Crippen LogP contribution is -2.15. The van der Waals surface area contributed by atoms with Gasteiger partial charge in [0.05, 0.1) is 6.42 Å². The molecule has 0 bridgehead atoms. The highest BCUT2D eigenvalue weighted by atomic mass is 79.9. The first kappa shape index (κ1) is 13.7. The monoisotopic (exact) mass is 318 g/mol. The van der Waals surface area contributed by atoms with E-state index in [0.29, 0.717) is 6.42 Å². The molecule has 4 heteroatoms. The molecule has 98 valence electrons. The summed E-state index contributed by atoms with van der Waals surface area (Å²) >= 11 is 3.42. The normalized spacial score (nSPS) is 10.3. The molecule has 0 saturated carbocycles. The van der Waals surface area contributed by atoms with E-state index < -0.39 is 0 Å². The van der Waals surface area contributed by atoms with Crippen molar-refractivity contribution in [2.24, 2.45) is 0 Å². The summed E-state index contributed by atoms with van der Waals surface area (Å²) in [7, 11) is 0. The second-order valence-electron chi connectivity index (χ2n) is 4.48. The third-order valence-electron chi connectivity index (χ3n) is 2.84. The van der Waals surface area contributed by atoms with Gasteiger partial charge in [0.2, 0.25) is 5.91 Å². The summed E-state index contributed by atoms with van der Waals surface area (Å²) in [6.45, 7) is 3.90. The summed E-state index contributed by atoms with van der Waals surface area (Å²) in [5, 5.41) is 2.88. The topological polar surface area (TPSA) is 42.0 Å². The van der Waals surface area contributed by atoms with Crippen LogP contribution >= 0.6 is 15.9 Å². The van der Waals surface area contributed by atoms with Gasteiger partial charge >= 0.3 is 0 Å². The minimum absolute atomic E-state index is 0.0215. The van der Waals surface area contributed by atoms with Crippen molar-refractivity contribution in [3.05, 3.63) is 57.8 Å². The Hall–Kier alpha value is -1.68. The van der Waals surface area contributed by atoms with Crippen molar-refractivity contribution in [1.29, 1.82) is 0 Å². The fourth-order valence-electron chi connectivity index (χ4n) is 1.83. The molecule has 1 heterocycles. The largest absolute Gasteiger partial charge is 0.326 e. The maximum absolute atomic E-state index is 12.0. The summed E-state index contributed by atoms with van der Waals surface area (Å²) in [4.78, 5) is 16.1. The first-order valence-electron chi connectivity index (χ1n) is 6.02. The number of aromatic nitrogens is 1. The van der Waals surface area contributed by atoms with Crippen molar-refractivity contribution in [3.8, 4) is 0 Å². The molecule has 0 unspecified atom stereocenters. The number of aryl methyl sites for hydroxylation is 2. The highest BCUT2D eigenvalue weighted by Crippen LogP contribution is 2.17. The van der Waals surface area contributed by atoms with Crippen LogP contribution in [0.2, 0.25) is 0 Å². The lowest BCUT2D eigenvalue weighted by Gasteiger charge is -2.08. The molecule has 2 aromatic rings. The summed E-state index contributed by atoms with van der Waals surface area (Å²) in [6.07, 6.45) is 2.06. The second-order valence-corrected chi connectivity index (χ2v) is 5.40. The number of pyridine rings is 1. The van der Waals surface area contributed by atoms with Crippen LogP contribution in [0.25, 0.3) is 0 Å². The Kier molecular flexibility index (Phi) is 4.32. The molecule has 0 saturated heterocycles. The quantitative estimate of drug-likeness (QED) is 0.938. The average Bonchev–Trinajstić information content (AvgIpc) is 2.34. The summed E-state index contributed by atoms with van der Waals surface area (Å²) in [5.41, 5.74) is 3.81. The Bertz CT molecular complexity index is 611. The second kappa shape index (κ2) is 5.97. The predicted molar refractivity (Wildman–Crippen MR) is 80.2 cm³/mol. The fraction of sp³-hybridized carbons (Fsp3) is 0.200. The molecule has 19 heavy (non-hydrogen) atoms. The average molecular weight is 319 g/mol. The molecular weight excluding hydrogens is 304 g/mol. The number of carbonyl (C=O) groups is 1. The van der Waals surface area contributed by atoms with E-state index in [1.165, 1.54) is 0 Å². The Morgan fingerprint density at radius 2 is 2.05 bits per heavy atom. The number of anilines is 1. The first-order chi connectivity index (χ1) is 9.04. The van der Waals surface area contributed by atoms with Crippen LogP contribution in [0.4, 0.5) is 5.69 Å². The van der Waals surface area contributed by atoms with E-state index in [-0.39, 0.29) is 5.91 Å². The van der Waals surface area contributed by atoms with Crippen molar-refractivity contribution in [2.75, 3.05) is 5.32 Å². The molecule has 1 aromatic carbocycles. The molecule has 2 rings (SSSR count). The number of benzene rings is 1. The van der Waals surface area contributed by atoms with Crippen LogP contribution in [0.1, 0.15) is 16.8 Å². The number of amides is 1. The zero-order valence-corrected chi connectivity index (χ0v) is 12.5.